The first-order valence-corrected chi connectivity index (χ1v) is 7.35. The minimum Gasteiger partial charge on any atom is -0.399 e. The van der Waals surface area contributed by atoms with Crippen molar-refractivity contribution in [2.75, 3.05) is 11.5 Å². The molecule has 88 valence electrons. The van der Waals surface area contributed by atoms with Crippen molar-refractivity contribution in [1.82, 2.24) is 0 Å². The van der Waals surface area contributed by atoms with Gasteiger partial charge in [-0.3, -0.25) is 0 Å². The fraction of sp³-hybridized carbons (Fsp3) is 0.500. The van der Waals surface area contributed by atoms with E-state index in [4.69, 9.17) is 5.73 Å². The van der Waals surface area contributed by atoms with E-state index in [1.807, 2.05) is 24.3 Å². The van der Waals surface area contributed by atoms with Crippen molar-refractivity contribution in [3.63, 3.8) is 0 Å². The molecular weight excluding hydrogens is 222 g/mol. The van der Waals surface area contributed by atoms with Crippen LogP contribution < -0.4 is 5.73 Å². The predicted octanol–water partition coefficient (Wildman–Crippen LogP) is 1.78. The number of rotatable bonds is 3. The van der Waals surface area contributed by atoms with Crippen molar-refractivity contribution in [2.45, 2.75) is 30.9 Å². The first kappa shape index (κ1) is 11.5. The molecule has 4 heteroatoms. The number of sulfone groups is 1. The van der Waals surface area contributed by atoms with Gasteiger partial charge in [0.1, 0.15) is 0 Å². The second-order valence-corrected chi connectivity index (χ2v) is 6.81. The van der Waals surface area contributed by atoms with Crippen LogP contribution in [0, 0.1) is 0 Å². The molecule has 1 unspecified atom stereocenters. The van der Waals surface area contributed by atoms with Gasteiger partial charge in [-0.2, -0.15) is 0 Å². The van der Waals surface area contributed by atoms with E-state index in [1.54, 1.807) is 0 Å². The Morgan fingerprint density at radius 3 is 2.50 bits per heavy atom. The number of hydrogen-bond acceptors (Lipinski definition) is 3. The number of aryl methyl sites for hydroxylation is 1. The van der Waals surface area contributed by atoms with E-state index in [9.17, 15) is 8.42 Å². The highest BCUT2D eigenvalue weighted by Gasteiger charge is 2.30. The Kier molecular flexibility index (Phi) is 3.19. The summed E-state index contributed by atoms with van der Waals surface area (Å²) in [5.74, 6) is 0.374. The van der Waals surface area contributed by atoms with Crippen LogP contribution in [0.2, 0.25) is 0 Å². The van der Waals surface area contributed by atoms with E-state index in [0.717, 1.165) is 36.9 Å². The highest BCUT2D eigenvalue weighted by Crippen LogP contribution is 2.24. The monoisotopic (exact) mass is 239 g/mol. The highest BCUT2D eigenvalue weighted by molar-refractivity contribution is 7.92. The summed E-state index contributed by atoms with van der Waals surface area (Å²) in [6, 6.07) is 7.66. The molecule has 0 aromatic heterocycles. The molecule has 1 atom stereocenters. The van der Waals surface area contributed by atoms with Gasteiger partial charge in [-0.05, 0) is 43.4 Å². The second kappa shape index (κ2) is 4.45. The molecule has 1 heterocycles. The van der Waals surface area contributed by atoms with Crippen LogP contribution in [0.1, 0.15) is 24.8 Å². The van der Waals surface area contributed by atoms with Crippen LogP contribution in [0.15, 0.2) is 24.3 Å². The van der Waals surface area contributed by atoms with Crippen molar-refractivity contribution >= 4 is 15.5 Å². The number of nitrogens with two attached hydrogens (primary N) is 1. The smallest absolute Gasteiger partial charge is 0.153 e. The topological polar surface area (TPSA) is 60.2 Å². The molecule has 0 spiro atoms. The molecule has 1 aromatic rings. The van der Waals surface area contributed by atoms with Crippen LogP contribution in [-0.2, 0) is 16.3 Å². The largest absolute Gasteiger partial charge is 0.399 e. The molecule has 0 aliphatic carbocycles. The van der Waals surface area contributed by atoms with Gasteiger partial charge < -0.3 is 5.73 Å². The summed E-state index contributed by atoms with van der Waals surface area (Å²) < 4.78 is 23.2. The lowest BCUT2D eigenvalue weighted by Crippen LogP contribution is -2.16. The fourth-order valence-electron chi connectivity index (χ4n) is 2.19. The van der Waals surface area contributed by atoms with Gasteiger partial charge in [-0.25, -0.2) is 8.42 Å². The van der Waals surface area contributed by atoms with E-state index in [-0.39, 0.29) is 5.25 Å². The van der Waals surface area contributed by atoms with Crippen molar-refractivity contribution in [1.29, 1.82) is 0 Å². The summed E-state index contributed by atoms with van der Waals surface area (Å²) in [7, 11) is -2.79. The molecule has 0 saturated carbocycles. The Labute approximate surface area is 96.6 Å². The molecule has 1 fully saturated rings. The lowest BCUT2D eigenvalue weighted by atomic mass is 10.1. The van der Waals surface area contributed by atoms with Crippen LogP contribution in [0.3, 0.4) is 0 Å². The predicted molar refractivity (Wildman–Crippen MR) is 66.0 cm³/mol. The molecule has 0 bridgehead atoms. The zero-order chi connectivity index (χ0) is 11.6. The van der Waals surface area contributed by atoms with Crippen LogP contribution in [-0.4, -0.2) is 19.4 Å². The van der Waals surface area contributed by atoms with Gasteiger partial charge in [-0.1, -0.05) is 12.1 Å². The molecule has 1 saturated heterocycles. The van der Waals surface area contributed by atoms with Gasteiger partial charge in [-0.15, -0.1) is 0 Å². The average molecular weight is 239 g/mol. The Balaban J connectivity index is 1.95. The summed E-state index contributed by atoms with van der Waals surface area (Å²) in [4.78, 5) is 0. The van der Waals surface area contributed by atoms with Gasteiger partial charge in [0.2, 0.25) is 0 Å². The molecule has 3 nitrogen and oxygen atoms in total. The summed E-state index contributed by atoms with van der Waals surface area (Å²) in [5.41, 5.74) is 7.50. The third-order valence-corrected chi connectivity index (χ3v) is 5.54. The first-order valence-electron chi connectivity index (χ1n) is 5.64. The molecule has 0 amide bonds. The minimum atomic E-state index is -2.79. The third-order valence-electron chi connectivity index (χ3n) is 3.20. The third kappa shape index (κ3) is 2.55. The van der Waals surface area contributed by atoms with Crippen molar-refractivity contribution in [3.05, 3.63) is 29.8 Å². The average Bonchev–Trinajstić information content (AvgIpc) is 2.57. The SMILES string of the molecule is Nc1ccc(CCC2CCCS2(=O)=O)cc1. The number of benzene rings is 1. The van der Waals surface area contributed by atoms with E-state index in [0.29, 0.717) is 5.75 Å². The molecule has 16 heavy (non-hydrogen) atoms. The molecule has 1 aromatic carbocycles. The van der Waals surface area contributed by atoms with E-state index >= 15 is 0 Å². The van der Waals surface area contributed by atoms with Gasteiger partial charge in [0.25, 0.3) is 0 Å². The standard InChI is InChI=1S/C12H17NO2S/c13-11-6-3-10(4-7-11)5-8-12-2-1-9-16(12,14)15/h3-4,6-7,12H,1-2,5,8-9,13H2. The summed E-state index contributed by atoms with van der Waals surface area (Å²) in [5, 5.41) is -0.120. The molecule has 1 aliphatic heterocycles. The van der Waals surface area contributed by atoms with E-state index < -0.39 is 9.84 Å². The maximum absolute atomic E-state index is 11.6. The molecule has 2 rings (SSSR count). The van der Waals surface area contributed by atoms with Crippen LogP contribution >= 0.6 is 0 Å². The Morgan fingerprint density at radius 1 is 1.25 bits per heavy atom. The normalized spacial score (nSPS) is 23.4. The molecule has 1 aliphatic rings. The zero-order valence-corrected chi connectivity index (χ0v) is 10.0. The van der Waals surface area contributed by atoms with E-state index in [2.05, 4.69) is 0 Å². The summed E-state index contributed by atoms with van der Waals surface area (Å²) in [6.07, 6.45) is 3.22. The second-order valence-electron chi connectivity index (χ2n) is 4.41. The maximum atomic E-state index is 11.6. The quantitative estimate of drug-likeness (QED) is 0.818. The molecule has 2 N–H and O–H groups in total. The molecular formula is C12H17NO2S. The lowest BCUT2D eigenvalue weighted by Gasteiger charge is -2.08. The zero-order valence-electron chi connectivity index (χ0n) is 9.22. The van der Waals surface area contributed by atoms with Crippen molar-refractivity contribution < 1.29 is 8.42 Å². The number of nitrogen functional groups attached to an aromatic ring is 1. The lowest BCUT2D eigenvalue weighted by molar-refractivity contribution is 0.582. The number of hydrogen-bond donors (Lipinski definition) is 1. The minimum absolute atomic E-state index is 0.120. The fourth-order valence-corrected chi connectivity index (χ4v) is 4.10. The molecule has 0 radical (unpaired) electrons. The highest BCUT2D eigenvalue weighted by atomic mass is 32.2. The van der Waals surface area contributed by atoms with Crippen molar-refractivity contribution in [3.8, 4) is 0 Å². The van der Waals surface area contributed by atoms with Gasteiger partial charge >= 0.3 is 0 Å². The Morgan fingerprint density at radius 2 is 1.94 bits per heavy atom. The number of anilines is 1. The van der Waals surface area contributed by atoms with Gasteiger partial charge in [0.05, 0.1) is 11.0 Å². The van der Waals surface area contributed by atoms with Crippen LogP contribution in [0.5, 0.6) is 0 Å². The van der Waals surface area contributed by atoms with Crippen molar-refractivity contribution in [2.24, 2.45) is 0 Å². The van der Waals surface area contributed by atoms with E-state index in [1.165, 1.54) is 0 Å². The maximum Gasteiger partial charge on any atom is 0.153 e. The Bertz CT molecular complexity index is 450. The Hall–Kier alpha value is -1.03. The first-order chi connectivity index (χ1) is 7.58. The van der Waals surface area contributed by atoms with Gasteiger partial charge in [0, 0.05) is 5.69 Å². The van der Waals surface area contributed by atoms with Crippen LogP contribution in [0.4, 0.5) is 5.69 Å². The van der Waals surface area contributed by atoms with Crippen LogP contribution in [0.25, 0.3) is 0 Å². The van der Waals surface area contributed by atoms with Gasteiger partial charge in [0.15, 0.2) is 9.84 Å². The summed E-state index contributed by atoms with van der Waals surface area (Å²) in [6.45, 7) is 0. The summed E-state index contributed by atoms with van der Waals surface area (Å²) >= 11 is 0.